The number of carbonyl (C=O) groups excluding carboxylic acids is 1. The van der Waals surface area contributed by atoms with E-state index in [9.17, 15) is 18.0 Å². The van der Waals surface area contributed by atoms with E-state index in [1.165, 1.54) is 26.4 Å². The second-order valence-corrected chi connectivity index (χ2v) is 6.81. The zero-order valence-corrected chi connectivity index (χ0v) is 17.0. The van der Waals surface area contributed by atoms with Crippen LogP contribution in [0.4, 0.5) is 13.2 Å². The molecule has 0 spiro atoms. The van der Waals surface area contributed by atoms with Gasteiger partial charge in [-0.3, -0.25) is 9.36 Å². The smallest absolute Gasteiger partial charge is 0.405 e. The van der Waals surface area contributed by atoms with Crippen molar-refractivity contribution in [3.05, 3.63) is 54.7 Å². The second-order valence-electron chi connectivity index (χ2n) is 6.81. The van der Waals surface area contributed by atoms with Crippen LogP contribution < -0.4 is 14.8 Å². The summed E-state index contributed by atoms with van der Waals surface area (Å²) >= 11 is 0. The molecule has 0 aliphatic rings. The number of alkyl halides is 3. The van der Waals surface area contributed by atoms with Crippen LogP contribution in [-0.4, -0.2) is 52.4 Å². The van der Waals surface area contributed by atoms with Gasteiger partial charge in [0.2, 0.25) is 0 Å². The lowest BCUT2D eigenvalue weighted by molar-refractivity contribution is -0.123. The van der Waals surface area contributed by atoms with E-state index in [0.29, 0.717) is 11.2 Å². The van der Waals surface area contributed by atoms with Gasteiger partial charge < -0.3 is 19.8 Å². The fourth-order valence-electron chi connectivity index (χ4n) is 3.33. The monoisotopic (exact) mass is 445 g/mol. The zero-order chi connectivity index (χ0) is 22.9. The molecule has 0 aliphatic carbocycles. The number of hydrogen-bond acceptors (Lipinski definition) is 5. The van der Waals surface area contributed by atoms with Gasteiger partial charge in [0.15, 0.2) is 0 Å². The Labute approximate surface area is 180 Å². The van der Waals surface area contributed by atoms with Crippen LogP contribution in [0.2, 0.25) is 0 Å². The summed E-state index contributed by atoms with van der Waals surface area (Å²) in [6.07, 6.45) is 0.347. The van der Waals surface area contributed by atoms with Crippen molar-refractivity contribution in [3.63, 3.8) is 0 Å². The average Bonchev–Trinajstić information content (AvgIpc) is 3.45. The van der Waals surface area contributed by atoms with Crippen molar-refractivity contribution in [2.75, 3.05) is 20.8 Å². The number of benzene rings is 2. The van der Waals surface area contributed by atoms with Crippen molar-refractivity contribution < 1.29 is 27.4 Å². The number of H-pyrrole nitrogens is 1. The first-order valence-corrected chi connectivity index (χ1v) is 9.38. The van der Waals surface area contributed by atoms with Crippen molar-refractivity contribution in [3.8, 4) is 28.4 Å². The zero-order valence-electron chi connectivity index (χ0n) is 17.0. The van der Waals surface area contributed by atoms with Crippen LogP contribution in [0.3, 0.4) is 0 Å². The summed E-state index contributed by atoms with van der Waals surface area (Å²) in [5.74, 6) is -0.827. The van der Waals surface area contributed by atoms with Crippen LogP contribution in [0.15, 0.2) is 49.2 Å². The first-order chi connectivity index (χ1) is 15.3. The minimum atomic E-state index is -4.54. The van der Waals surface area contributed by atoms with E-state index in [0.717, 1.165) is 16.8 Å². The predicted octanol–water partition coefficient (Wildman–Crippen LogP) is 3.72. The largest absolute Gasteiger partial charge is 0.496 e. The topological polar surface area (TPSA) is 94.1 Å². The molecule has 4 aromatic rings. The summed E-state index contributed by atoms with van der Waals surface area (Å²) < 4.78 is 49.9. The second kappa shape index (κ2) is 8.25. The molecule has 1 amide bonds. The molecule has 0 saturated carbocycles. The quantitative estimate of drug-likeness (QED) is 0.472. The van der Waals surface area contributed by atoms with Crippen LogP contribution in [0.1, 0.15) is 10.4 Å². The van der Waals surface area contributed by atoms with E-state index in [-0.39, 0.29) is 17.1 Å². The Morgan fingerprint density at radius 2 is 1.88 bits per heavy atom. The molecule has 11 heteroatoms. The number of imidazole rings is 2. The Kier molecular flexibility index (Phi) is 5.47. The number of nitrogens with zero attached hydrogens (tertiary/aromatic N) is 3. The van der Waals surface area contributed by atoms with Crippen molar-refractivity contribution >= 4 is 16.9 Å². The number of halogens is 3. The summed E-state index contributed by atoms with van der Waals surface area (Å²) in [7, 11) is 2.64. The normalized spacial score (nSPS) is 11.5. The van der Waals surface area contributed by atoms with Crippen molar-refractivity contribution in [1.82, 2.24) is 24.8 Å². The number of aromatic nitrogens is 4. The van der Waals surface area contributed by atoms with Gasteiger partial charge in [-0.25, -0.2) is 9.97 Å². The molecule has 0 radical (unpaired) electrons. The molecule has 2 aromatic carbocycles. The number of nitrogens with one attached hydrogen (secondary N) is 2. The molecule has 0 fully saturated rings. The number of fused-ring (bicyclic) bond motifs is 1. The highest BCUT2D eigenvalue weighted by atomic mass is 19.4. The van der Waals surface area contributed by atoms with Crippen LogP contribution in [0.25, 0.3) is 28.0 Å². The molecule has 0 atom stereocenters. The van der Waals surface area contributed by atoms with Crippen LogP contribution in [-0.2, 0) is 0 Å². The SMILES string of the molecule is COc1cc(-n2cnc3cc(-c4cnc[nH]4)ccc32)cc(OC)c1C(=O)NCC(F)(F)F. The molecule has 2 aromatic heterocycles. The van der Waals surface area contributed by atoms with Gasteiger partial charge in [-0.15, -0.1) is 0 Å². The molecule has 0 saturated heterocycles. The van der Waals surface area contributed by atoms with Gasteiger partial charge >= 0.3 is 6.18 Å². The third-order valence-corrected chi connectivity index (χ3v) is 4.80. The maximum Gasteiger partial charge on any atom is 0.405 e. The van der Waals surface area contributed by atoms with Crippen molar-refractivity contribution in [1.29, 1.82) is 0 Å². The summed E-state index contributed by atoms with van der Waals surface area (Å²) in [5.41, 5.74) is 3.66. The minimum absolute atomic E-state index is 0.0648. The van der Waals surface area contributed by atoms with Crippen molar-refractivity contribution in [2.24, 2.45) is 0 Å². The van der Waals surface area contributed by atoms with E-state index < -0.39 is 18.6 Å². The molecular weight excluding hydrogens is 427 g/mol. The van der Waals surface area contributed by atoms with Gasteiger partial charge in [0.25, 0.3) is 5.91 Å². The number of rotatable bonds is 6. The molecule has 2 heterocycles. The molecule has 8 nitrogen and oxygen atoms in total. The maximum atomic E-state index is 12.5. The Bertz CT molecular complexity index is 1240. The third kappa shape index (κ3) is 4.09. The minimum Gasteiger partial charge on any atom is -0.496 e. The molecule has 4 rings (SSSR count). The highest BCUT2D eigenvalue weighted by molar-refractivity contribution is 6.00. The maximum absolute atomic E-state index is 12.5. The predicted molar refractivity (Wildman–Crippen MR) is 110 cm³/mol. The molecular formula is C21H18F3N5O3. The van der Waals surface area contributed by atoms with Crippen LogP contribution in [0, 0.1) is 0 Å². The fraction of sp³-hybridized carbons (Fsp3) is 0.190. The van der Waals surface area contributed by atoms with E-state index >= 15 is 0 Å². The number of aromatic amines is 1. The number of carbonyl (C=O) groups is 1. The number of amides is 1. The molecule has 32 heavy (non-hydrogen) atoms. The molecule has 0 aliphatic heterocycles. The number of methoxy groups -OCH3 is 2. The Hall–Kier alpha value is -4.02. The fourth-order valence-corrected chi connectivity index (χ4v) is 3.33. The van der Waals surface area contributed by atoms with E-state index in [1.807, 2.05) is 23.5 Å². The van der Waals surface area contributed by atoms with Gasteiger partial charge in [0.05, 0.1) is 49.2 Å². The van der Waals surface area contributed by atoms with Crippen LogP contribution in [0.5, 0.6) is 11.5 Å². The van der Waals surface area contributed by atoms with Gasteiger partial charge in [0, 0.05) is 17.7 Å². The molecule has 2 N–H and O–H groups in total. The number of ether oxygens (including phenoxy) is 2. The van der Waals surface area contributed by atoms with Crippen LogP contribution >= 0.6 is 0 Å². The Morgan fingerprint density at radius 1 is 1.16 bits per heavy atom. The standard InChI is InChI=1S/C21H18F3N5O3/c1-31-17-6-13(7-18(32-2)19(17)20(30)26-9-21(22,23)24)29-11-28-14-5-12(3-4-16(14)29)15-8-25-10-27-15/h3-8,10-11H,9H2,1-2H3,(H,25,27)(H,26,30). The lowest BCUT2D eigenvalue weighted by Crippen LogP contribution is -2.34. The Balaban J connectivity index is 1.74. The summed E-state index contributed by atoms with van der Waals surface area (Å²) in [5, 5.41) is 1.84. The van der Waals surface area contributed by atoms with Crippen molar-refractivity contribution in [2.45, 2.75) is 6.18 Å². The highest BCUT2D eigenvalue weighted by Gasteiger charge is 2.30. The molecule has 0 unspecified atom stereocenters. The molecule has 166 valence electrons. The first kappa shape index (κ1) is 21.2. The highest BCUT2D eigenvalue weighted by Crippen LogP contribution is 2.34. The first-order valence-electron chi connectivity index (χ1n) is 9.38. The summed E-state index contributed by atoms with van der Waals surface area (Å²) in [6.45, 7) is -1.47. The van der Waals surface area contributed by atoms with Gasteiger partial charge in [0.1, 0.15) is 29.9 Å². The average molecular weight is 445 g/mol. The summed E-state index contributed by atoms with van der Waals surface area (Å²) in [6, 6.07) is 8.75. The van der Waals surface area contributed by atoms with E-state index in [1.54, 1.807) is 23.4 Å². The van der Waals surface area contributed by atoms with E-state index in [2.05, 4.69) is 15.0 Å². The lowest BCUT2D eigenvalue weighted by Gasteiger charge is -2.16. The number of hydrogen-bond donors (Lipinski definition) is 2. The lowest BCUT2D eigenvalue weighted by atomic mass is 10.1. The van der Waals surface area contributed by atoms with Gasteiger partial charge in [-0.05, 0) is 12.1 Å². The van der Waals surface area contributed by atoms with Gasteiger partial charge in [-0.2, -0.15) is 13.2 Å². The van der Waals surface area contributed by atoms with Gasteiger partial charge in [-0.1, -0.05) is 6.07 Å². The summed E-state index contributed by atoms with van der Waals surface area (Å²) in [4.78, 5) is 23.9. The molecule has 0 bridgehead atoms. The third-order valence-electron chi connectivity index (χ3n) is 4.80. The Morgan fingerprint density at radius 3 is 2.47 bits per heavy atom. The van der Waals surface area contributed by atoms with E-state index in [4.69, 9.17) is 9.47 Å².